The zero-order chi connectivity index (χ0) is 20.4. The minimum atomic E-state index is -0.353. The third-order valence-electron chi connectivity index (χ3n) is 4.53. The molecule has 2 aromatic heterocycles. The van der Waals surface area contributed by atoms with Gasteiger partial charge in [0.05, 0.1) is 28.0 Å². The molecular weight excluding hydrogens is 388 g/mol. The molecule has 0 atom stereocenters. The standard InChI is InChI=1S/C21H18N4O3S/c1-13-22-18(12-29-13)14-6-8-15(9-7-14)23-19(26)10-11-25-21(28)17-5-3-2-4-16(17)20(27)24-25/h2-9,12H,10-11H2,1H3,(H,23,26)(H,24,27). The maximum absolute atomic E-state index is 12.5. The van der Waals surface area contributed by atoms with Crippen molar-refractivity contribution in [3.8, 4) is 11.3 Å². The van der Waals surface area contributed by atoms with Crippen LogP contribution in [0.25, 0.3) is 22.0 Å². The van der Waals surface area contributed by atoms with Gasteiger partial charge in [0.2, 0.25) is 5.91 Å². The number of rotatable bonds is 5. The van der Waals surface area contributed by atoms with Crippen LogP contribution in [0.3, 0.4) is 0 Å². The van der Waals surface area contributed by atoms with Crippen LogP contribution in [0.5, 0.6) is 0 Å². The molecule has 2 heterocycles. The molecule has 0 saturated carbocycles. The first-order valence-electron chi connectivity index (χ1n) is 9.05. The lowest BCUT2D eigenvalue weighted by atomic mass is 10.1. The Hall–Kier alpha value is -3.52. The van der Waals surface area contributed by atoms with Crippen molar-refractivity contribution in [1.29, 1.82) is 0 Å². The molecule has 29 heavy (non-hydrogen) atoms. The Morgan fingerprint density at radius 1 is 1.10 bits per heavy atom. The van der Waals surface area contributed by atoms with E-state index >= 15 is 0 Å². The molecule has 2 aromatic carbocycles. The summed E-state index contributed by atoms with van der Waals surface area (Å²) in [5.74, 6) is -0.247. The minimum absolute atomic E-state index is 0.0568. The summed E-state index contributed by atoms with van der Waals surface area (Å²) in [4.78, 5) is 41.3. The van der Waals surface area contributed by atoms with E-state index in [-0.39, 0.29) is 30.0 Å². The number of benzene rings is 2. The molecule has 0 saturated heterocycles. The number of nitrogens with zero attached hydrogens (tertiary/aromatic N) is 2. The van der Waals surface area contributed by atoms with E-state index < -0.39 is 0 Å². The molecule has 0 fully saturated rings. The number of thiazole rings is 1. The first-order chi connectivity index (χ1) is 14.0. The molecule has 0 radical (unpaired) electrons. The summed E-state index contributed by atoms with van der Waals surface area (Å²) in [5, 5.41) is 9.00. The SMILES string of the molecule is Cc1nc(-c2ccc(NC(=O)CCn3[nH]c(=O)c4ccccc4c3=O)cc2)cs1. The van der Waals surface area contributed by atoms with Crippen LogP contribution in [0.4, 0.5) is 5.69 Å². The number of amides is 1. The van der Waals surface area contributed by atoms with Crippen molar-refractivity contribution in [3.63, 3.8) is 0 Å². The number of nitrogens with one attached hydrogen (secondary N) is 2. The van der Waals surface area contributed by atoms with Gasteiger partial charge in [-0.2, -0.15) is 0 Å². The van der Waals surface area contributed by atoms with Gasteiger partial charge in [0.1, 0.15) is 0 Å². The predicted molar refractivity (Wildman–Crippen MR) is 114 cm³/mol. The van der Waals surface area contributed by atoms with E-state index in [4.69, 9.17) is 0 Å². The van der Waals surface area contributed by atoms with Gasteiger partial charge in [0.15, 0.2) is 0 Å². The number of anilines is 1. The van der Waals surface area contributed by atoms with E-state index in [0.29, 0.717) is 16.5 Å². The van der Waals surface area contributed by atoms with E-state index in [1.807, 2.05) is 36.6 Å². The van der Waals surface area contributed by atoms with Crippen LogP contribution in [0, 0.1) is 6.92 Å². The molecule has 4 aromatic rings. The molecule has 0 aliphatic carbocycles. The van der Waals surface area contributed by atoms with Crippen LogP contribution in [0.2, 0.25) is 0 Å². The summed E-state index contributed by atoms with van der Waals surface area (Å²) in [6.07, 6.45) is 0.0568. The van der Waals surface area contributed by atoms with Gasteiger partial charge in [-0.05, 0) is 31.2 Å². The topological polar surface area (TPSA) is 96.8 Å². The Balaban J connectivity index is 1.43. The number of H-pyrrole nitrogens is 1. The Morgan fingerprint density at radius 2 is 1.83 bits per heavy atom. The third kappa shape index (κ3) is 4.02. The van der Waals surface area contributed by atoms with Gasteiger partial charge < -0.3 is 5.32 Å². The average molecular weight is 406 g/mol. The molecule has 7 nitrogen and oxygen atoms in total. The van der Waals surface area contributed by atoms with Gasteiger partial charge >= 0.3 is 0 Å². The number of aryl methyl sites for hydroxylation is 2. The highest BCUT2D eigenvalue weighted by Crippen LogP contribution is 2.23. The van der Waals surface area contributed by atoms with E-state index in [1.54, 1.807) is 35.6 Å². The molecule has 0 bridgehead atoms. The van der Waals surface area contributed by atoms with Crippen molar-refractivity contribution < 1.29 is 4.79 Å². The van der Waals surface area contributed by atoms with Crippen molar-refractivity contribution in [1.82, 2.24) is 14.8 Å². The second kappa shape index (κ2) is 7.84. The summed E-state index contributed by atoms with van der Waals surface area (Å²) in [6, 6.07) is 14.0. The van der Waals surface area contributed by atoms with Gasteiger partial charge in [-0.25, -0.2) is 9.67 Å². The maximum Gasteiger partial charge on any atom is 0.273 e. The maximum atomic E-state index is 12.5. The molecule has 2 N–H and O–H groups in total. The molecule has 0 aliphatic heterocycles. The van der Waals surface area contributed by atoms with E-state index in [9.17, 15) is 14.4 Å². The number of carbonyl (C=O) groups is 1. The largest absolute Gasteiger partial charge is 0.326 e. The van der Waals surface area contributed by atoms with Crippen LogP contribution in [-0.4, -0.2) is 20.7 Å². The molecule has 0 spiro atoms. The van der Waals surface area contributed by atoms with E-state index in [2.05, 4.69) is 15.4 Å². The van der Waals surface area contributed by atoms with Gasteiger partial charge in [0, 0.05) is 23.1 Å². The first kappa shape index (κ1) is 18.8. The highest BCUT2D eigenvalue weighted by atomic mass is 32.1. The van der Waals surface area contributed by atoms with Crippen LogP contribution in [0.1, 0.15) is 11.4 Å². The fraction of sp³-hybridized carbons (Fsp3) is 0.143. The summed E-state index contributed by atoms with van der Waals surface area (Å²) in [5.41, 5.74) is 1.87. The van der Waals surface area contributed by atoms with Gasteiger partial charge in [-0.1, -0.05) is 24.3 Å². The lowest BCUT2D eigenvalue weighted by Crippen LogP contribution is -2.31. The molecular formula is C21H18N4O3S. The summed E-state index contributed by atoms with van der Waals surface area (Å²) >= 11 is 1.59. The van der Waals surface area contributed by atoms with E-state index in [0.717, 1.165) is 16.3 Å². The molecule has 146 valence electrons. The zero-order valence-electron chi connectivity index (χ0n) is 15.6. The molecule has 4 rings (SSSR count). The molecule has 0 aliphatic rings. The van der Waals surface area contributed by atoms with Crippen LogP contribution in [-0.2, 0) is 11.3 Å². The van der Waals surface area contributed by atoms with Crippen molar-refractivity contribution in [2.75, 3.05) is 5.32 Å². The predicted octanol–water partition coefficient (Wildman–Crippen LogP) is 3.15. The second-order valence-electron chi connectivity index (χ2n) is 6.57. The quantitative estimate of drug-likeness (QED) is 0.532. The monoisotopic (exact) mass is 406 g/mol. The number of hydrogen-bond acceptors (Lipinski definition) is 5. The van der Waals surface area contributed by atoms with Crippen LogP contribution >= 0.6 is 11.3 Å². The van der Waals surface area contributed by atoms with Crippen molar-refractivity contribution in [3.05, 3.63) is 79.6 Å². The third-order valence-corrected chi connectivity index (χ3v) is 5.30. The average Bonchev–Trinajstić information content (AvgIpc) is 3.16. The highest BCUT2D eigenvalue weighted by Gasteiger charge is 2.09. The minimum Gasteiger partial charge on any atom is -0.326 e. The Morgan fingerprint density at radius 3 is 2.52 bits per heavy atom. The van der Waals surface area contributed by atoms with Gasteiger partial charge in [-0.15, -0.1) is 11.3 Å². The van der Waals surface area contributed by atoms with E-state index in [1.165, 1.54) is 4.68 Å². The fourth-order valence-electron chi connectivity index (χ4n) is 3.06. The summed E-state index contributed by atoms with van der Waals surface area (Å²) in [7, 11) is 0. The van der Waals surface area contributed by atoms with Crippen LogP contribution < -0.4 is 16.4 Å². The fourth-order valence-corrected chi connectivity index (χ4v) is 3.68. The smallest absolute Gasteiger partial charge is 0.273 e. The normalized spacial score (nSPS) is 10.9. The van der Waals surface area contributed by atoms with Gasteiger partial charge in [0.25, 0.3) is 11.1 Å². The van der Waals surface area contributed by atoms with Crippen molar-refractivity contribution in [2.45, 2.75) is 19.9 Å². The summed E-state index contributed by atoms with van der Waals surface area (Å²) < 4.78 is 1.18. The molecule has 1 amide bonds. The van der Waals surface area contributed by atoms with Crippen molar-refractivity contribution in [2.24, 2.45) is 0 Å². The second-order valence-corrected chi connectivity index (χ2v) is 7.63. The lowest BCUT2D eigenvalue weighted by Gasteiger charge is -2.08. The number of fused-ring (bicyclic) bond motifs is 1. The lowest BCUT2D eigenvalue weighted by molar-refractivity contribution is -0.116. The zero-order valence-corrected chi connectivity index (χ0v) is 16.5. The number of carbonyl (C=O) groups excluding carboxylic acids is 1. The molecule has 0 unspecified atom stereocenters. The Kier molecular flexibility index (Phi) is 5.09. The number of hydrogen-bond donors (Lipinski definition) is 2. The van der Waals surface area contributed by atoms with Gasteiger partial charge in [-0.3, -0.25) is 19.5 Å². The summed E-state index contributed by atoms with van der Waals surface area (Å²) in [6.45, 7) is 2.04. The Bertz CT molecular complexity index is 1300. The van der Waals surface area contributed by atoms with Crippen molar-refractivity contribution >= 4 is 33.7 Å². The molecule has 8 heteroatoms. The Labute approximate surface area is 169 Å². The highest BCUT2D eigenvalue weighted by molar-refractivity contribution is 7.09. The number of aromatic amines is 1. The number of aromatic nitrogens is 3. The first-order valence-corrected chi connectivity index (χ1v) is 9.93. The van der Waals surface area contributed by atoms with Crippen LogP contribution in [0.15, 0.2) is 63.5 Å².